The fraction of sp³-hybridized carbons (Fsp3) is 0.500. The average molecular weight is 370 g/mol. The molecule has 2 aromatic rings. The summed E-state index contributed by atoms with van der Waals surface area (Å²) in [5.74, 6) is -1.03. The number of carboxylic acid groups (broad SMARTS) is 1. The van der Waals surface area contributed by atoms with Gasteiger partial charge in [-0.3, -0.25) is 4.98 Å². The molecule has 0 amide bonds. The van der Waals surface area contributed by atoms with Gasteiger partial charge in [0.25, 0.3) is 0 Å². The number of pyridine rings is 2. The Morgan fingerprint density at radius 1 is 0.963 bits per heavy atom. The second-order valence-electron chi connectivity index (χ2n) is 6.92. The molecule has 2 heterocycles. The van der Waals surface area contributed by atoms with Crippen molar-refractivity contribution in [2.24, 2.45) is 0 Å². The molecule has 0 aliphatic heterocycles. The Kier molecular flexibility index (Phi) is 9.49. The first-order chi connectivity index (χ1) is 13.2. The number of nitrogens with one attached hydrogen (secondary N) is 1. The predicted molar refractivity (Wildman–Crippen MR) is 109 cm³/mol. The van der Waals surface area contributed by atoms with E-state index in [1.165, 1.54) is 57.4 Å². The quantitative estimate of drug-likeness (QED) is 0.482. The molecule has 0 unspecified atom stereocenters. The van der Waals surface area contributed by atoms with E-state index in [2.05, 4.69) is 22.2 Å². The first-order valence-corrected chi connectivity index (χ1v) is 10.1. The maximum atomic E-state index is 11.0. The highest BCUT2D eigenvalue weighted by Crippen LogP contribution is 2.15. The number of aromatic nitrogens is 2. The summed E-state index contributed by atoms with van der Waals surface area (Å²) in [6.07, 6.45) is 12.5. The van der Waals surface area contributed by atoms with Crippen molar-refractivity contribution in [1.29, 1.82) is 0 Å². The maximum Gasteiger partial charge on any atom is 0.354 e. The van der Waals surface area contributed by atoms with Gasteiger partial charge in [0.05, 0.1) is 11.4 Å². The molecule has 146 valence electrons. The van der Waals surface area contributed by atoms with Crippen LogP contribution < -0.4 is 5.32 Å². The van der Waals surface area contributed by atoms with Crippen LogP contribution in [0.1, 0.15) is 74.3 Å². The van der Waals surface area contributed by atoms with E-state index in [0.29, 0.717) is 11.4 Å². The number of carbonyl (C=O) groups is 1. The van der Waals surface area contributed by atoms with E-state index < -0.39 is 5.97 Å². The van der Waals surface area contributed by atoms with Gasteiger partial charge < -0.3 is 10.4 Å². The van der Waals surface area contributed by atoms with Gasteiger partial charge in [0.2, 0.25) is 0 Å². The number of nitrogens with zero attached hydrogens (tertiary/aromatic N) is 2. The van der Waals surface area contributed by atoms with Crippen molar-refractivity contribution in [3.8, 4) is 11.4 Å². The molecule has 0 aliphatic rings. The van der Waals surface area contributed by atoms with Crippen molar-refractivity contribution < 1.29 is 9.90 Å². The summed E-state index contributed by atoms with van der Waals surface area (Å²) in [7, 11) is 0. The van der Waals surface area contributed by atoms with E-state index in [4.69, 9.17) is 5.11 Å². The molecule has 0 saturated heterocycles. The van der Waals surface area contributed by atoms with Crippen molar-refractivity contribution in [3.63, 3.8) is 0 Å². The molecule has 0 bridgehead atoms. The van der Waals surface area contributed by atoms with Crippen LogP contribution in [0.5, 0.6) is 0 Å². The third-order valence-electron chi connectivity index (χ3n) is 4.59. The molecule has 0 aliphatic carbocycles. The first kappa shape index (κ1) is 21.0. The Morgan fingerprint density at radius 3 is 2.37 bits per heavy atom. The minimum Gasteiger partial charge on any atom is -0.477 e. The van der Waals surface area contributed by atoms with Crippen LogP contribution in [0.3, 0.4) is 0 Å². The summed E-state index contributed by atoms with van der Waals surface area (Å²) in [4.78, 5) is 19.6. The van der Waals surface area contributed by atoms with Crippen LogP contribution in [0.25, 0.3) is 11.4 Å². The van der Waals surface area contributed by atoms with Gasteiger partial charge in [-0.2, -0.15) is 0 Å². The normalized spacial score (nSPS) is 10.9. The van der Waals surface area contributed by atoms with Gasteiger partial charge in [-0.1, -0.05) is 64.0 Å². The molecule has 0 fully saturated rings. The van der Waals surface area contributed by atoms with E-state index >= 15 is 0 Å². The van der Waals surface area contributed by atoms with Crippen molar-refractivity contribution >= 4 is 5.97 Å². The molecule has 0 radical (unpaired) electrons. The molecule has 2 N–H and O–H groups in total. The van der Waals surface area contributed by atoms with E-state index in [1.54, 1.807) is 12.1 Å². The van der Waals surface area contributed by atoms with Gasteiger partial charge in [0.15, 0.2) is 0 Å². The van der Waals surface area contributed by atoms with E-state index in [1.807, 2.05) is 18.3 Å². The Labute approximate surface area is 162 Å². The summed E-state index contributed by atoms with van der Waals surface area (Å²) >= 11 is 0. The third-order valence-corrected chi connectivity index (χ3v) is 4.59. The Hall–Kier alpha value is -2.27. The zero-order chi connectivity index (χ0) is 19.3. The van der Waals surface area contributed by atoms with Gasteiger partial charge in [-0.15, -0.1) is 0 Å². The first-order valence-electron chi connectivity index (χ1n) is 10.1. The van der Waals surface area contributed by atoms with Crippen LogP contribution in [0.2, 0.25) is 0 Å². The zero-order valence-electron chi connectivity index (χ0n) is 16.3. The summed E-state index contributed by atoms with van der Waals surface area (Å²) < 4.78 is 0. The van der Waals surface area contributed by atoms with Crippen LogP contribution >= 0.6 is 0 Å². The van der Waals surface area contributed by atoms with Crippen LogP contribution in [-0.4, -0.2) is 27.6 Å². The highest BCUT2D eigenvalue weighted by molar-refractivity contribution is 5.85. The van der Waals surface area contributed by atoms with Crippen LogP contribution in [0.4, 0.5) is 0 Å². The lowest BCUT2D eigenvalue weighted by molar-refractivity contribution is 0.0690. The molecule has 0 atom stereocenters. The Bertz CT molecular complexity index is 686. The van der Waals surface area contributed by atoms with Gasteiger partial charge in [0, 0.05) is 12.7 Å². The fourth-order valence-electron chi connectivity index (χ4n) is 2.99. The monoisotopic (exact) mass is 369 g/mol. The third kappa shape index (κ3) is 7.87. The number of hydrogen-bond donors (Lipinski definition) is 2. The molecule has 0 aromatic carbocycles. The predicted octanol–water partition coefficient (Wildman–Crippen LogP) is 5.07. The van der Waals surface area contributed by atoms with Crippen LogP contribution in [-0.2, 0) is 6.54 Å². The van der Waals surface area contributed by atoms with Gasteiger partial charge >= 0.3 is 5.97 Å². The van der Waals surface area contributed by atoms with E-state index in [-0.39, 0.29) is 5.69 Å². The number of carboxylic acids is 1. The molecule has 27 heavy (non-hydrogen) atoms. The summed E-state index contributed by atoms with van der Waals surface area (Å²) in [5.41, 5.74) is 2.41. The SMILES string of the molecule is CCCCCCCCCCNCc1ccc(-c2cccc(C(=O)O)n2)nc1. The average Bonchev–Trinajstić information content (AvgIpc) is 2.70. The van der Waals surface area contributed by atoms with Crippen LogP contribution in [0.15, 0.2) is 36.5 Å². The molecule has 5 heteroatoms. The highest BCUT2D eigenvalue weighted by Gasteiger charge is 2.07. The molecule has 5 nitrogen and oxygen atoms in total. The number of aromatic carboxylic acids is 1. The van der Waals surface area contributed by atoms with Crippen molar-refractivity contribution in [2.45, 2.75) is 64.8 Å². The maximum absolute atomic E-state index is 11.0. The standard InChI is InChI=1S/C22H31N3O2/c1-2-3-4-5-6-7-8-9-15-23-16-18-13-14-19(24-17-18)20-11-10-12-21(25-20)22(26)27/h10-14,17,23H,2-9,15-16H2,1H3,(H,26,27). The largest absolute Gasteiger partial charge is 0.477 e. The number of hydrogen-bond acceptors (Lipinski definition) is 4. The summed E-state index contributed by atoms with van der Waals surface area (Å²) in [6.45, 7) is 4.08. The molecular formula is C22H31N3O2. The Morgan fingerprint density at radius 2 is 1.70 bits per heavy atom. The highest BCUT2D eigenvalue weighted by atomic mass is 16.4. The second kappa shape index (κ2) is 12.2. The second-order valence-corrected chi connectivity index (χ2v) is 6.92. The van der Waals surface area contributed by atoms with Crippen molar-refractivity contribution in [3.05, 3.63) is 47.8 Å². The molecule has 2 aromatic heterocycles. The fourth-order valence-corrected chi connectivity index (χ4v) is 2.99. The van der Waals surface area contributed by atoms with Gasteiger partial charge in [-0.25, -0.2) is 9.78 Å². The number of unbranched alkanes of at least 4 members (excludes halogenated alkanes) is 7. The minimum atomic E-state index is -1.03. The topological polar surface area (TPSA) is 75.1 Å². The summed E-state index contributed by atoms with van der Waals surface area (Å²) in [6, 6.07) is 8.84. The molecular weight excluding hydrogens is 338 g/mol. The lowest BCUT2D eigenvalue weighted by Gasteiger charge is -2.06. The van der Waals surface area contributed by atoms with Crippen molar-refractivity contribution in [2.75, 3.05) is 6.54 Å². The number of rotatable bonds is 13. The lowest BCUT2D eigenvalue weighted by atomic mass is 10.1. The van der Waals surface area contributed by atoms with E-state index in [0.717, 1.165) is 18.7 Å². The Balaban J connectivity index is 1.66. The van der Waals surface area contributed by atoms with E-state index in [9.17, 15) is 4.79 Å². The smallest absolute Gasteiger partial charge is 0.354 e. The summed E-state index contributed by atoms with van der Waals surface area (Å²) in [5, 5.41) is 12.5. The molecule has 2 rings (SSSR count). The van der Waals surface area contributed by atoms with Gasteiger partial charge in [0.1, 0.15) is 5.69 Å². The van der Waals surface area contributed by atoms with Gasteiger partial charge in [-0.05, 0) is 36.7 Å². The zero-order valence-corrected chi connectivity index (χ0v) is 16.3. The van der Waals surface area contributed by atoms with Crippen molar-refractivity contribution in [1.82, 2.24) is 15.3 Å². The molecule has 0 spiro atoms. The lowest BCUT2D eigenvalue weighted by Crippen LogP contribution is -2.14. The minimum absolute atomic E-state index is 0.0328. The molecule has 0 saturated carbocycles. The van der Waals surface area contributed by atoms with Crippen LogP contribution in [0, 0.1) is 0 Å².